The molecule has 20 heavy (non-hydrogen) atoms. The van der Waals surface area contributed by atoms with Crippen molar-refractivity contribution in [2.45, 2.75) is 44.8 Å². The van der Waals surface area contributed by atoms with Crippen molar-refractivity contribution in [2.75, 3.05) is 4.90 Å². The highest BCUT2D eigenvalue weighted by molar-refractivity contribution is 6.00. The molecule has 1 aliphatic rings. The van der Waals surface area contributed by atoms with E-state index >= 15 is 0 Å². The molecule has 1 saturated carbocycles. The molecule has 1 fully saturated rings. The molecule has 1 N–H and O–H groups in total. The number of carbonyl (C=O) groups excluding carboxylic acids is 1. The summed E-state index contributed by atoms with van der Waals surface area (Å²) >= 11 is 0. The van der Waals surface area contributed by atoms with E-state index < -0.39 is 23.2 Å². The SMILES string of the molecule is CC(C)(C)OC(=O)N(c1ccccc1)C1(C(=O)O)CC1. The zero-order valence-electron chi connectivity index (χ0n) is 11.9. The molecule has 0 spiro atoms. The van der Waals surface area contributed by atoms with Crippen molar-refractivity contribution in [3.63, 3.8) is 0 Å². The minimum Gasteiger partial charge on any atom is -0.479 e. The fourth-order valence-electron chi connectivity index (χ4n) is 2.06. The van der Waals surface area contributed by atoms with E-state index in [1.807, 2.05) is 6.07 Å². The largest absolute Gasteiger partial charge is 0.479 e. The molecular formula is C15H19NO4. The number of benzene rings is 1. The van der Waals surface area contributed by atoms with Crippen LogP contribution in [0.4, 0.5) is 10.5 Å². The molecule has 0 saturated heterocycles. The third-order valence-corrected chi connectivity index (χ3v) is 3.14. The second-order valence-electron chi connectivity index (χ2n) is 5.99. The third kappa shape index (κ3) is 2.76. The highest BCUT2D eigenvalue weighted by Crippen LogP contribution is 2.45. The van der Waals surface area contributed by atoms with Crippen molar-refractivity contribution in [1.82, 2.24) is 0 Å². The topological polar surface area (TPSA) is 66.8 Å². The Balaban J connectivity index is 2.36. The number of carboxylic acids is 1. The van der Waals surface area contributed by atoms with Gasteiger partial charge in [-0.15, -0.1) is 0 Å². The van der Waals surface area contributed by atoms with E-state index in [0.717, 1.165) is 0 Å². The predicted molar refractivity (Wildman–Crippen MR) is 74.8 cm³/mol. The molecule has 1 aliphatic carbocycles. The van der Waals surface area contributed by atoms with Gasteiger partial charge in [0.2, 0.25) is 0 Å². The Kier molecular flexibility index (Phi) is 3.46. The summed E-state index contributed by atoms with van der Waals surface area (Å²) in [4.78, 5) is 25.2. The predicted octanol–water partition coefficient (Wildman–Crippen LogP) is 3.05. The number of aliphatic carboxylic acids is 1. The molecule has 0 aliphatic heterocycles. The van der Waals surface area contributed by atoms with Gasteiger partial charge in [-0.3, -0.25) is 4.90 Å². The van der Waals surface area contributed by atoms with Crippen LogP contribution >= 0.6 is 0 Å². The number of carboxylic acid groups (broad SMARTS) is 1. The van der Waals surface area contributed by atoms with Gasteiger partial charge in [0.25, 0.3) is 0 Å². The molecule has 1 amide bonds. The molecule has 5 heteroatoms. The summed E-state index contributed by atoms with van der Waals surface area (Å²) in [6.07, 6.45) is 0.260. The summed E-state index contributed by atoms with van der Waals surface area (Å²) in [6, 6.07) is 8.78. The van der Waals surface area contributed by atoms with Crippen LogP contribution in [-0.4, -0.2) is 28.3 Å². The quantitative estimate of drug-likeness (QED) is 0.922. The van der Waals surface area contributed by atoms with Crippen molar-refractivity contribution >= 4 is 17.7 Å². The van der Waals surface area contributed by atoms with Crippen molar-refractivity contribution in [1.29, 1.82) is 0 Å². The van der Waals surface area contributed by atoms with Crippen molar-refractivity contribution in [2.24, 2.45) is 0 Å². The number of ether oxygens (including phenoxy) is 1. The first kappa shape index (κ1) is 14.4. The van der Waals surface area contributed by atoms with Crippen molar-refractivity contribution in [3.8, 4) is 0 Å². The monoisotopic (exact) mass is 277 g/mol. The summed E-state index contributed by atoms with van der Waals surface area (Å²) in [5, 5.41) is 9.43. The Morgan fingerprint density at radius 2 is 1.75 bits per heavy atom. The minimum absolute atomic E-state index is 0.441. The lowest BCUT2D eigenvalue weighted by Crippen LogP contribution is -2.49. The van der Waals surface area contributed by atoms with Gasteiger partial charge in [-0.05, 0) is 45.7 Å². The molecule has 5 nitrogen and oxygen atoms in total. The molecule has 0 bridgehead atoms. The van der Waals surface area contributed by atoms with E-state index in [1.54, 1.807) is 45.0 Å². The smallest absolute Gasteiger partial charge is 0.415 e. The Morgan fingerprint density at radius 3 is 2.15 bits per heavy atom. The Labute approximate surface area is 118 Å². The number of para-hydroxylation sites is 1. The normalized spacial score (nSPS) is 16.4. The maximum absolute atomic E-state index is 12.4. The molecule has 108 valence electrons. The van der Waals surface area contributed by atoms with E-state index in [4.69, 9.17) is 4.74 Å². The molecule has 2 rings (SSSR count). The first-order valence-corrected chi connectivity index (χ1v) is 6.58. The highest BCUT2D eigenvalue weighted by atomic mass is 16.6. The molecule has 0 radical (unpaired) electrons. The van der Waals surface area contributed by atoms with Gasteiger partial charge in [-0.25, -0.2) is 9.59 Å². The summed E-state index contributed by atoms with van der Waals surface area (Å²) in [5.74, 6) is -0.993. The van der Waals surface area contributed by atoms with Gasteiger partial charge < -0.3 is 9.84 Å². The van der Waals surface area contributed by atoms with Gasteiger partial charge in [0.05, 0.1) is 0 Å². The van der Waals surface area contributed by atoms with E-state index in [2.05, 4.69) is 0 Å². The first-order chi connectivity index (χ1) is 9.26. The summed E-state index contributed by atoms with van der Waals surface area (Å²) in [5.41, 5.74) is -1.29. The Bertz CT molecular complexity index is 514. The van der Waals surface area contributed by atoms with Crippen LogP contribution < -0.4 is 4.90 Å². The molecule has 1 aromatic rings. The average molecular weight is 277 g/mol. The zero-order valence-corrected chi connectivity index (χ0v) is 11.9. The molecule has 0 heterocycles. The fourth-order valence-corrected chi connectivity index (χ4v) is 2.06. The Hall–Kier alpha value is -2.04. The summed E-state index contributed by atoms with van der Waals surface area (Å²) < 4.78 is 5.35. The zero-order chi connectivity index (χ0) is 15.0. The lowest BCUT2D eigenvalue weighted by atomic mass is 10.1. The molecule has 0 unspecified atom stereocenters. The number of anilines is 1. The van der Waals surface area contributed by atoms with Crippen molar-refractivity contribution in [3.05, 3.63) is 30.3 Å². The van der Waals surface area contributed by atoms with Gasteiger partial charge in [-0.1, -0.05) is 18.2 Å². The summed E-state index contributed by atoms with van der Waals surface area (Å²) in [7, 11) is 0. The number of carbonyl (C=O) groups is 2. The number of amides is 1. The van der Waals surface area contributed by atoms with Crippen LogP contribution in [0.3, 0.4) is 0 Å². The standard InChI is InChI=1S/C15H19NO4/c1-14(2,3)20-13(19)16(11-7-5-4-6-8-11)15(9-10-15)12(17)18/h4-8H,9-10H2,1-3H3,(H,17,18). The number of hydrogen-bond acceptors (Lipinski definition) is 3. The van der Waals surface area contributed by atoms with Crippen LogP contribution in [0, 0.1) is 0 Å². The van der Waals surface area contributed by atoms with Gasteiger partial charge in [-0.2, -0.15) is 0 Å². The molecule has 1 aromatic carbocycles. The maximum atomic E-state index is 12.4. The highest BCUT2D eigenvalue weighted by Gasteiger charge is 2.58. The van der Waals surface area contributed by atoms with Crippen LogP contribution in [0.1, 0.15) is 33.6 Å². The molecular weight excluding hydrogens is 258 g/mol. The van der Waals surface area contributed by atoms with Gasteiger partial charge in [0.1, 0.15) is 11.1 Å². The van der Waals surface area contributed by atoms with E-state index in [0.29, 0.717) is 18.5 Å². The van der Waals surface area contributed by atoms with E-state index in [9.17, 15) is 14.7 Å². The van der Waals surface area contributed by atoms with Crippen LogP contribution in [0.5, 0.6) is 0 Å². The van der Waals surface area contributed by atoms with Crippen LogP contribution in [0.2, 0.25) is 0 Å². The summed E-state index contributed by atoms with van der Waals surface area (Å²) in [6.45, 7) is 5.28. The van der Waals surface area contributed by atoms with Gasteiger partial charge in [0, 0.05) is 5.69 Å². The number of hydrogen-bond donors (Lipinski definition) is 1. The minimum atomic E-state index is -1.16. The molecule has 0 aromatic heterocycles. The number of rotatable bonds is 3. The number of nitrogens with zero attached hydrogens (tertiary/aromatic N) is 1. The fraction of sp³-hybridized carbons (Fsp3) is 0.467. The second-order valence-corrected chi connectivity index (χ2v) is 5.99. The maximum Gasteiger partial charge on any atom is 0.415 e. The lowest BCUT2D eigenvalue weighted by molar-refractivity contribution is -0.139. The second kappa shape index (κ2) is 4.81. The van der Waals surface area contributed by atoms with Crippen molar-refractivity contribution < 1.29 is 19.4 Å². The third-order valence-electron chi connectivity index (χ3n) is 3.14. The molecule has 0 atom stereocenters. The van der Waals surface area contributed by atoms with Gasteiger partial charge in [0.15, 0.2) is 0 Å². The van der Waals surface area contributed by atoms with E-state index in [1.165, 1.54) is 4.90 Å². The Morgan fingerprint density at radius 1 is 1.20 bits per heavy atom. The van der Waals surface area contributed by atoms with Crippen LogP contribution in [0.25, 0.3) is 0 Å². The van der Waals surface area contributed by atoms with E-state index in [-0.39, 0.29) is 0 Å². The van der Waals surface area contributed by atoms with Gasteiger partial charge >= 0.3 is 12.1 Å². The lowest BCUT2D eigenvalue weighted by Gasteiger charge is -2.31. The first-order valence-electron chi connectivity index (χ1n) is 6.58. The van der Waals surface area contributed by atoms with Crippen LogP contribution in [0.15, 0.2) is 30.3 Å². The average Bonchev–Trinajstić information content (AvgIpc) is 3.09. The van der Waals surface area contributed by atoms with Crippen LogP contribution in [-0.2, 0) is 9.53 Å².